The average molecular weight is 423 g/mol. The highest BCUT2D eigenvalue weighted by Crippen LogP contribution is 2.35. The third-order valence-electron chi connectivity index (χ3n) is 4.29. The van der Waals surface area contributed by atoms with E-state index in [1.165, 1.54) is 7.11 Å². The number of aryl methyl sites for hydroxylation is 1. The van der Waals surface area contributed by atoms with E-state index in [0.717, 1.165) is 5.56 Å². The van der Waals surface area contributed by atoms with Gasteiger partial charge in [0.2, 0.25) is 11.8 Å². The summed E-state index contributed by atoms with van der Waals surface area (Å²) in [4.78, 5) is 30.5. The van der Waals surface area contributed by atoms with Crippen LogP contribution in [-0.2, 0) is 11.2 Å². The summed E-state index contributed by atoms with van der Waals surface area (Å²) in [7, 11) is 1.45. The molecule has 1 heterocycles. The molecule has 0 aliphatic rings. The van der Waals surface area contributed by atoms with E-state index in [4.69, 9.17) is 27.9 Å². The SMILES string of the molecule is CCc1c(C)nc(OC)c(NC(=O)C(C)(C)C)c1C(=O)c1cc(Cl)cc(Cl)c1. The van der Waals surface area contributed by atoms with Gasteiger partial charge in [-0.05, 0) is 37.1 Å². The molecule has 0 saturated carbocycles. The van der Waals surface area contributed by atoms with Crippen LogP contribution >= 0.6 is 23.2 Å². The normalized spacial score (nSPS) is 11.3. The number of pyridine rings is 1. The maximum absolute atomic E-state index is 13.5. The standard InChI is InChI=1S/C21H24Cl2N2O3/c1-7-15-11(2)24-19(28-6)17(25-20(27)21(3,4)5)16(15)18(26)12-8-13(22)10-14(23)9-12/h8-10H,7H2,1-6H3,(H,25,27). The summed E-state index contributed by atoms with van der Waals surface area (Å²) in [5, 5.41) is 3.55. The zero-order valence-electron chi connectivity index (χ0n) is 16.9. The first-order valence-electron chi connectivity index (χ1n) is 8.89. The number of aromatic nitrogens is 1. The molecular formula is C21H24Cl2N2O3. The molecule has 0 bridgehead atoms. The van der Waals surface area contributed by atoms with Crippen LogP contribution in [0.15, 0.2) is 18.2 Å². The van der Waals surface area contributed by atoms with Crippen molar-refractivity contribution in [2.24, 2.45) is 5.41 Å². The van der Waals surface area contributed by atoms with Crippen molar-refractivity contribution in [3.05, 3.63) is 50.6 Å². The molecule has 2 aromatic rings. The number of methoxy groups -OCH3 is 1. The number of amides is 1. The van der Waals surface area contributed by atoms with Crippen molar-refractivity contribution in [3.8, 4) is 5.88 Å². The summed E-state index contributed by atoms with van der Waals surface area (Å²) < 4.78 is 5.38. The van der Waals surface area contributed by atoms with E-state index in [0.29, 0.717) is 33.3 Å². The molecule has 0 aliphatic carbocycles. The monoisotopic (exact) mass is 422 g/mol. The fourth-order valence-electron chi connectivity index (χ4n) is 2.79. The van der Waals surface area contributed by atoms with Crippen LogP contribution in [-0.4, -0.2) is 23.8 Å². The molecule has 1 amide bonds. The van der Waals surface area contributed by atoms with Crippen molar-refractivity contribution in [1.29, 1.82) is 0 Å². The van der Waals surface area contributed by atoms with E-state index in [1.807, 2.05) is 6.92 Å². The van der Waals surface area contributed by atoms with Gasteiger partial charge in [0.25, 0.3) is 0 Å². The van der Waals surface area contributed by atoms with Crippen molar-refractivity contribution in [2.75, 3.05) is 12.4 Å². The Morgan fingerprint density at radius 3 is 2.18 bits per heavy atom. The van der Waals surface area contributed by atoms with Crippen molar-refractivity contribution >= 4 is 40.6 Å². The number of nitrogens with one attached hydrogen (secondary N) is 1. The molecule has 5 nitrogen and oxygen atoms in total. The lowest BCUT2D eigenvalue weighted by molar-refractivity contribution is -0.123. The molecule has 0 unspecified atom stereocenters. The van der Waals surface area contributed by atoms with Crippen molar-refractivity contribution < 1.29 is 14.3 Å². The van der Waals surface area contributed by atoms with Crippen LogP contribution in [0.5, 0.6) is 5.88 Å². The molecule has 1 aromatic heterocycles. The number of benzene rings is 1. The quantitative estimate of drug-likeness (QED) is 0.647. The van der Waals surface area contributed by atoms with Crippen molar-refractivity contribution in [1.82, 2.24) is 4.98 Å². The molecule has 0 fully saturated rings. The van der Waals surface area contributed by atoms with Gasteiger partial charge in [-0.1, -0.05) is 50.9 Å². The zero-order valence-corrected chi connectivity index (χ0v) is 18.4. The number of nitrogens with zero attached hydrogens (tertiary/aromatic N) is 1. The third kappa shape index (κ3) is 4.65. The predicted molar refractivity (Wildman–Crippen MR) is 113 cm³/mol. The van der Waals surface area contributed by atoms with E-state index in [2.05, 4.69) is 10.3 Å². The Balaban J connectivity index is 2.76. The molecule has 1 N–H and O–H groups in total. The van der Waals surface area contributed by atoms with Gasteiger partial charge in [0, 0.05) is 26.7 Å². The number of ether oxygens (including phenoxy) is 1. The molecular weight excluding hydrogens is 399 g/mol. The largest absolute Gasteiger partial charge is 0.479 e. The van der Waals surface area contributed by atoms with E-state index in [-0.39, 0.29) is 23.3 Å². The fraction of sp³-hybridized carbons (Fsp3) is 0.381. The second-order valence-corrected chi connectivity index (χ2v) is 8.35. The lowest BCUT2D eigenvalue weighted by atomic mass is 9.92. The van der Waals surface area contributed by atoms with Crippen LogP contribution in [0.4, 0.5) is 5.69 Å². The molecule has 0 aliphatic heterocycles. The summed E-state index contributed by atoms with van der Waals surface area (Å²) in [6, 6.07) is 4.65. The van der Waals surface area contributed by atoms with Crippen molar-refractivity contribution in [3.63, 3.8) is 0 Å². The van der Waals surface area contributed by atoms with Crippen LogP contribution in [0.1, 0.15) is 54.9 Å². The molecule has 0 saturated heterocycles. The van der Waals surface area contributed by atoms with Crippen LogP contribution in [0.2, 0.25) is 10.0 Å². The van der Waals surface area contributed by atoms with Crippen LogP contribution in [0.3, 0.4) is 0 Å². The Bertz CT molecular complexity index is 914. The zero-order chi connectivity index (χ0) is 21.2. The van der Waals surface area contributed by atoms with Gasteiger partial charge in [-0.2, -0.15) is 0 Å². The Morgan fingerprint density at radius 2 is 1.71 bits per heavy atom. The number of hydrogen-bond acceptors (Lipinski definition) is 4. The van der Waals surface area contributed by atoms with Gasteiger partial charge < -0.3 is 10.1 Å². The Morgan fingerprint density at radius 1 is 1.14 bits per heavy atom. The molecule has 2 rings (SSSR count). The minimum Gasteiger partial charge on any atom is -0.479 e. The summed E-state index contributed by atoms with van der Waals surface area (Å²) in [6.07, 6.45) is 0.552. The maximum atomic E-state index is 13.5. The Hall–Kier alpha value is -2.11. The highest BCUT2D eigenvalue weighted by molar-refractivity contribution is 6.35. The highest BCUT2D eigenvalue weighted by atomic mass is 35.5. The number of hydrogen-bond donors (Lipinski definition) is 1. The first-order valence-corrected chi connectivity index (χ1v) is 9.64. The van der Waals surface area contributed by atoms with E-state index < -0.39 is 5.41 Å². The van der Waals surface area contributed by atoms with E-state index in [1.54, 1.807) is 45.9 Å². The first kappa shape index (κ1) is 22.2. The maximum Gasteiger partial charge on any atom is 0.238 e. The summed E-state index contributed by atoms with van der Waals surface area (Å²) >= 11 is 12.2. The van der Waals surface area contributed by atoms with Crippen LogP contribution in [0, 0.1) is 12.3 Å². The number of ketones is 1. The van der Waals surface area contributed by atoms with Gasteiger partial charge in [-0.15, -0.1) is 0 Å². The van der Waals surface area contributed by atoms with Gasteiger partial charge in [0.05, 0.1) is 12.7 Å². The minimum atomic E-state index is -0.665. The summed E-state index contributed by atoms with van der Waals surface area (Å²) in [5.74, 6) is -0.380. The third-order valence-corrected chi connectivity index (χ3v) is 4.73. The summed E-state index contributed by atoms with van der Waals surface area (Å²) in [6.45, 7) is 9.09. The molecule has 0 atom stereocenters. The van der Waals surface area contributed by atoms with Crippen molar-refractivity contribution in [2.45, 2.75) is 41.0 Å². The number of carbonyl (C=O) groups excluding carboxylic acids is 2. The molecule has 0 spiro atoms. The Kier molecular flexibility index (Phi) is 6.73. The second kappa shape index (κ2) is 8.50. The first-order chi connectivity index (χ1) is 13.0. The highest BCUT2D eigenvalue weighted by Gasteiger charge is 2.29. The Labute approximate surface area is 175 Å². The molecule has 0 radical (unpaired) electrons. The minimum absolute atomic E-state index is 0.184. The number of halogens is 2. The number of carbonyl (C=O) groups is 2. The molecule has 28 heavy (non-hydrogen) atoms. The van der Waals surface area contributed by atoms with Crippen LogP contribution in [0.25, 0.3) is 0 Å². The van der Waals surface area contributed by atoms with Gasteiger partial charge >= 0.3 is 0 Å². The van der Waals surface area contributed by atoms with E-state index in [9.17, 15) is 9.59 Å². The summed E-state index contributed by atoms with van der Waals surface area (Å²) in [5.41, 5.74) is 1.64. The average Bonchev–Trinajstić information content (AvgIpc) is 2.59. The molecule has 7 heteroatoms. The van der Waals surface area contributed by atoms with Crippen LogP contribution < -0.4 is 10.1 Å². The molecule has 150 valence electrons. The number of rotatable bonds is 5. The second-order valence-electron chi connectivity index (χ2n) is 7.48. The lowest BCUT2D eigenvalue weighted by Crippen LogP contribution is -2.29. The van der Waals surface area contributed by atoms with Gasteiger partial charge in [0.15, 0.2) is 5.78 Å². The fourth-order valence-corrected chi connectivity index (χ4v) is 3.32. The number of anilines is 1. The lowest BCUT2D eigenvalue weighted by Gasteiger charge is -2.22. The predicted octanol–water partition coefficient (Wildman–Crippen LogP) is 5.48. The van der Waals surface area contributed by atoms with Gasteiger partial charge in [0.1, 0.15) is 5.69 Å². The van der Waals surface area contributed by atoms with Gasteiger partial charge in [-0.25, -0.2) is 4.98 Å². The van der Waals surface area contributed by atoms with E-state index >= 15 is 0 Å². The smallest absolute Gasteiger partial charge is 0.238 e. The van der Waals surface area contributed by atoms with Gasteiger partial charge in [-0.3, -0.25) is 9.59 Å². The topological polar surface area (TPSA) is 68.3 Å². The molecule has 1 aromatic carbocycles.